The van der Waals surface area contributed by atoms with Crippen LogP contribution in [0.5, 0.6) is 0 Å². The summed E-state index contributed by atoms with van der Waals surface area (Å²) in [4.78, 5) is 11.0. The highest BCUT2D eigenvalue weighted by Crippen LogP contribution is 2.41. The predicted molar refractivity (Wildman–Crippen MR) is 70.1 cm³/mol. The topological polar surface area (TPSA) is 74.7 Å². The van der Waals surface area contributed by atoms with Gasteiger partial charge in [-0.05, 0) is 26.7 Å². The summed E-state index contributed by atoms with van der Waals surface area (Å²) < 4.78 is 52.0. The van der Waals surface area contributed by atoms with E-state index in [2.05, 4.69) is 0 Å². The molecular formula is C12H21F2NO4S. The van der Waals surface area contributed by atoms with Gasteiger partial charge >= 0.3 is 5.97 Å². The Morgan fingerprint density at radius 1 is 1.45 bits per heavy atom. The highest BCUT2D eigenvalue weighted by molar-refractivity contribution is 7.89. The Hall–Kier alpha value is -0.760. The van der Waals surface area contributed by atoms with Crippen LogP contribution in [0.25, 0.3) is 0 Å². The lowest BCUT2D eigenvalue weighted by atomic mass is 9.94. The summed E-state index contributed by atoms with van der Waals surface area (Å²) >= 11 is 0. The van der Waals surface area contributed by atoms with Crippen LogP contribution < -0.4 is 0 Å². The monoisotopic (exact) mass is 313 g/mol. The van der Waals surface area contributed by atoms with Crippen molar-refractivity contribution in [1.82, 2.24) is 4.31 Å². The molecule has 1 saturated carbocycles. The van der Waals surface area contributed by atoms with E-state index >= 15 is 0 Å². The van der Waals surface area contributed by atoms with Gasteiger partial charge in [0.15, 0.2) is 0 Å². The molecule has 20 heavy (non-hydrogen) atoms. The number of nitrogens with zero attached hydrogens (tertiary/aromatic N) is 1. The third kappa shape index (κ3) is 3.88. The van der Waals surface area contributed by atoms with E-state index in [1.165, 1.54) is 20.9 Å². The first-order valence-corrected chi connectivity index (χ1v) is 8.05. The number of sulfonamides is 1. The fourth-order valence-corrected chi connectivity index (χ4v) is 4.00. The molecule has 0 aliphatic heterocycles. The molecule has 0 spiro atoms. The quantitative estimate of drug-likeness (QED) is 0.811. The molecule has 0 amide bonds. The van der Waals surface area contributed by atoms with E-state index in [-0.39, 0.29) is 19.4 Å². The van der Waals surface area contributed by atoms with E-state index in [9.17, 15) is 22.0 Å². The molecule has 0 bridgehead atoms. The number of carboxylic acids is 1. The molecule has 0 aromatic heterocycles. The molecule has 118 valence electrons. The number of carboxylic acid groups (broad SMARTS) is 1. The lowest BCUT2D eigenvalue weighted by Crippen LogP contribution is -2.43. The molecule has 1 aliphatic carbocycles. The van der Waals surface area contributed by atoms with Crippen molar-refractivity contribution >= 4 is 16.0 Å². The molecule has 0 saturated heterocycles. The normalized spacial score (nSPS) is 23.2. The van der Waals surface area contributed by atoms with Gasteiger partial charge in [0, 0.05) is 25.9 Å². The van der Waals surface area contributed by atoms with Gasteiger partial charge in [0.25, 0.3) is 5.92 Å². The second-order valence-electron chi connectivity index (χ2n) is 6.07. The fourth-order valence-electron chi connectivity index (χ4n) is 2.31. The number of aliphatic carboxylic acids is 1. The van der Waals surface area contributed by atoms with Gasteiger partial charge in [-0.1, -0.05) is 0 Å². The molecule has 1 rings (SSSR count). The van der Waals surface area contributed by atoms with Crippen molar-refractivity contribution in [2.45, 2.75) is 39.0 Å². The van der Waals surface area contributed by atoms with Crippen LogP contribution in [0.3, 0.4) is 0 Å². The molecule has 1 N–H and O–H groups in total. The van der Waals surface area contributed by atoms with Gasteiger partial charge in [-0.25, -0.2) is 21.5 Å². The summed E-state index contributed by atoms with van der Waals surface area (Å²) in [6.07, 6.45) is 0.220. The maximum absolute atomic E-state index is 13.5. The van der Waals surface area contributed by atoms with Gasteiger partial charge < -0.3 is 5.11 Å². The van der Waals surface area contributed by atoms with E-state index < -0.39 is 39.0 Å². The van der Waals surface area contributed by atoms with Gasteiger partial charge in [0.1, 0.15) is 0 Å². The van der Waals surface area contributed by atoms with Crippen LogP contribution in [0.1, 0.15) is 33.1 Å². The average molecular weight is 313 g/mol. The van der Waals surface area contributed by atoms with Crippen molar-refractivity contribution in [2.75, 3.05) is 19.3 Å². The Balaban J connectivity index is 2.76. The maximum atomic E-state index is 13.5. The third-order valence-electron chi connectivity index (χ3n) is 3.74. The highest BCUT2D eigenvalue weighted by Gasteiger charge is 2.46. The van der Waals surface area contributed by atoms with Crippen LogP contribution in [0, 0.1) is 11.3 Å². The van der Waals surface area contributed by atoms with Gasteiger partial charge in [0.2, 0.25) is 10.0 Å². The highest BCUT2D eigenvalue weighted by atomic mass is 32.2. The number of carbonyl (C=O) groups is 1. The Morgan fingerprint density at radius 3 is 2.40 bits per heavy atom. The number of halogens is 2. The molecule has 1 atom stereocenters. The van der Waals surface area contributed by atoms with E-state index in [0.29, 0.717) is 6.42 Å². The first kappa shape index (κ1) is 17.3. The molecule has 1 unspecified atom stereocenters. The first-order valence-electron chi connectivity index (χ1n) is 6.44. The van der Waals surface area contributed by atoms with Gasteiger partial charge in [-0.2, -0.15) is 0 Å². The van der Waals surface area contributed by atoms with Crippen LogP contribution in [0.2, 0.25) is 0 Å². The standard InChI is InChI=1S/C12H21F2NO4S/c1-11(2,10(16)17)8-15(3)20(18,19)7-9-5-4-6-12(9,13)14/h9H,4-8H2,1-3H3,(H,16,17). The van der Waals surface area contributed by atoms with E-state index in [0.717, 1.165) is 4.31 Å². The van der Waals surface area contributed by atoms with Crippen LogP contribution >= 0.6 is 0 Å². The van der Waals surface area contributed by atoms with Crippen LogP contribution in [-0.4, -0.2) is 49.1 Å². The minimum Gasteiger partial charge on any atom is -0.481 e. The van der Waals surface area contributed by atoms with Crippen molar-refractivity contribution in [3.05, 3.63) is 0 Å². The molecule has 0 heterocycles. The van der Waals surface area contributed by atoms with Crippen molar-refractivity contribution < 1.29 is 27.1 Å². The average Bonchev–Trinajstić information content (AvgIpc) is 2.56. The summed E-state index contributed by atoms with van der Waals surface area (Å²) in [7, 11) is -2.66. The first-order chi connectivity index (χ1) is 8.88. The van der Waals surface area contributed by atoms with Crippen LogP contribution in [-0.2, 0) is 14.8 Å². The van der Waals surface area contributed by atoms with Gasteiger partial charge in [-0.15, -0.1) is 0 Å². The molecule has 5 nitrogen and oxygen atoms in total. The smallest absolute Gasteiger partial charge is 0.310 e. The summed E-state index contributed by atoms with van der Waals surface area (Å²) in [6, 6.07) is 0. The van der Waals surface area contributed by atoms with Crippen molar-refractivity contribution in [3.63, 3.8) is 0 Å². The van der Waals surface area contributed by atoms with E-state index in [1.807, 2.05) is 0 Å². The van der Waals surface area contributed by atoms with E-state index in [4.69, 9.17) is 5.11 Å². The number of hydrogen-bond acceptors (Lipinski definition) is 3. The zero-order chi connectivity index (χ0) is 15.8. The summed E-state index contributed by atoms with van der Waals surface area (Å²) in [5, 5.41) is 8.98. The van der Waals surface area contributed by atoms with Crippen molar-refractivity contribution in [1.29, 1.82) is 0 Å². The molecule has 8 heteroatoms. The molecule has 0 aromatic rings. The lowest BCUT2D eigenvalue weighted by Gasteiger charge is -2.28. The zero-order valence-electron chi connectivity index (χ0n) is 11.9. The second kappa shape index (κ2) is 5.55. The van der Waals surface area contributed by atoms with E-state index in [1.54, 1.807) is 0 Å². The molecule has 1 fully saturated rings. The number of hydrogen-bond donors (Lipinski definition) is 1. The summed E-state index contributed by atoms with van der Waals surface area (Å²) in [5.41, 5.74) is -1.26. The van der Waals surface area contributed by atoms with Gasteiger partial charge in [0.05, 0.1) is 11.2 Å². The Labute approximate surface area is 118 Å². The minimum absolute atomic E-state index is 0.183. The molecule has 0 aromatic carbocycles. The van der Waals surface area contributed by atoms with Crippen LogP contribution in [0.15, 0.2) is 0 Å². The van der Waals surface area contributed by atoms with Crippen molar-refractivity contribution in [3.8, 4) is 0 Å². The van der Waals surface area contributed by atoms with Gasteiger partial charge in [-0.3, -0.25) is 4.79 Å². The summed E-state index contributed by atoms with van der Waals surface area (Å²) in [5.74, 6) is -5.89. The third-order valence-corrected chi connectivity index (χ3v) is 5.65. The zero-order valence-corrected chi connectivity index (χ0v) is 12.7. The second-order valence-corrected chi connectivity index (χ2v) is 8.19. The lowest BCUT2D eigenvalue weighted by molar-refractivity contribution is -0.147. The van der Waals surface area contributed by atoms with Crippen LogP contribution in [0.4, 0.5) is 8.78 Å². The fraction of sp³-hybridized carbons (Fsp3) is 0.917. The Morgan fingerprint density at radius 2 is 2.00 bits per heavy atom. The molecular weight excluding hydrogens is 292 g/mol. The predicted octanol–water partition coefficient (Wildman–Crippen LogP) is 1.79. The largest absolute Gasteiger partial charge is 0.481 e. The number of rotatable bonds is 6. The number of alkyl halides is 2. The minimum atomic E-state index is -3.89. The Bertz CT molecular complexity index is 476. The van der Waals surface area contributed by atoms with Crippen molar-refractivity contribution in [2.24, 2.45) is 11.3 Å². The maximum Gasteiger partial charge on any atom is 0.310 e. The molecule has 0 radical (unpaired) electrons. The Kier molecular flexibility index (Phi) is 4.80. The molecule has 1 aliphatic rings. The summed E-state index contributed by atoms with van der Waals surface area (Å²) in [6.45, 7) is 2.54. The SMILES string of the molecule is CN(CC(C)(C)C(=O)O)S(=O)(=O)CC1CCCC1(F)F.